The minimum absolute atomic E-state index is 0.420. The highest BCUT2D eigenvalue weighted by Gasteiger charge is 2.29. The predicted molar refractivity (Wildman–Crippen MR) is 78.6 cm³/mol. The summed E-state index contributed by atoms with van der Waals surface area (Å²) in [6.45, 7) is 7.13. The SMILES string of the molecule is CCCC1CCCC(N2CC(C)CC(N)C2)CC1. The largest absolute Gasteiger partial charge is 0.327 e. The summed E-state index contributed by atoms with van der Waals surface area (Å²) in [5.41, 5.74) is 6.19. The Labute approximate surface area is 113 Å². The molecule has 1 saturated heterocycles. The molecule has 106 valence electrons. The Morgan fingerprint density at radius 3 is 2.67 bits per heavy atom. The van der Waals surface area contributed by atoms with E-state index in [1.807, 2.05) is 0 Å². The summed E-state index contributed by atoms with van der Waals surface area (Å²) < 4.78 is 0. The summed E-state index contributed by atoms with van der Waals surface area (Å²) >= 11 is 0. The molecule has 0 spiro atoms. The molecular formula is C16H32N2. The van der Waals surface area contributed by atoms with E-state index in [2.05, 4.69) is 18.7 Å². The molecule has 0 aromatic carbocycles. The molecule has 2 rings (SSSR count). The topological polar surface area (TPSA) is 29.3 Å². The third-order valence-electron chi connectivity index (χ3n) is 4.99. The maximum absolute atomic E-state index is 6.19. The molecule has 2 heteroatoms. The molecule has 0 bridgehead atoms. The highest BCUT2D eigenvalue weighted by Crippen LogP contribution is 2.30. The molecule has 18 heavy (non-hydrogen) atoms. The summed E-state index contributed by atoms with van der Waals surface area (Å²) in [5.74, 6) is 1.80. The van der Waals surface area contributed by atoms with Gasteiger partial charge >= 0.3 is 0 Å². The zero-order valence-electron chi connectivity index (χ0n) is 12.4. The lowest BCUT2D eigenvalue weighted by Gasteiger charge is -2.40. The highest BCUT2D eigenvalue weighted by atomic mass is 15.2. The smallest absolute Gasteiger partial charge is 0.0170 e. The first-order valence-electron chi connectivity index (χ1n) is 8.18. The van der Waals surface area contributed by atoms with Crippen LogP contribution in [0, 0.1) is 11.8 Å². The average Bonchev–Trinajstić information content (AvgIpc) is 2.54. The van der Waals surface area contributed by atoms with Crippen LogP contribution < -0.4 is 5.73 Å². The molecule has 1 heterocycles. The lowest BCUT2D eigenvalue weighted by atomic mass is 9.93. The van der Waals surface area contributed by atoms with E-state index in [0.717, 1.165) is 24.4 Å². The first-order chi connectivity index (χ1) is 8.69. The summed E-state index contributed by atoms with van der Waals surface area (Å²) in [7, 11) is 0. The Hall–Kier alpha value is -0.0800. The van der Waals surface area contributed by atoms with Gasteiger partial charge in [0.05, 0.1) is 0 Å². The fourth-order valence-corrected chi connectivity index (χ4v) is 4.16. The third kappa shape index (κ3) is 3.96. The lowest BCUT2D eigenvalue weighted by molar-refractivity contribution is 0.105. The predicted octanol–water partition coefficient (Wildman–Crippen LogP) is 3.40. The summed E-state index contributed by atoms with van der Waals surface area (Å²) in [5, 5.41) is 0. The Balaban J connectivity index is 1.85. The van der Waals surface area contributed by atoms with Crippen LogP contribution in [0.2, 0.25) is 0 Å². The van der Waals surface area contributed by atoms with Crippen molar-refractivity contribution in [2.45, 2.75) is 77.3 Å². The van der Waals surface area contributed by atoms with E-state index >= 15 is 0 Å². The quantitative estimate of drug-likeness (QED) is 0.780. The normalized spacial score (nSPS) is 39.5. The summed E-state index contributed by atoms with van der Waals surface area (Å²) in [6, 6.07) is 1.25. The molecule has 0 aromatic heterocycles. The van der Waals surface area contributed by atoms with E-state index in [0.29, 0.717) is 6.04 Å². The number of hydrogen-bond acceptors (Lipinski definition) is 2. The van der Waals surface area contributed by atoms with Crippen LogP contribution in [0.3, 0.4) is 0 Å². The number of nitrogens with two attached hydrogens (primary N) is 1. The molecule has 0 radical (unpaired) electrons. The average molecular weight is 252 g/mol. The van der Waals surface area contributed by atoms with Crippen molar-refractivity contribution in [1.29, 1.82) is 0 Å². The molecule has 2 nitrogen and oxygen atoms in total. The van der Waals surface area contributed by atoms with Crippen molar-refractivity contribution in [1.82, 2.24) is 4.90 Å². The van der Waals surface area contributed by atoms with Gasteiger partial charge in [0, 0.05) is 25.2 Å². The van der Waals surface area contributed by atoms with Gasteiger partial charge in [-0.25, -0.2) is 0 Å². The first kappa shape index (κ1) is 14.3. The van der Waals surface area contributed by atoms with Crippen LogP contribution in [0.1, 0.15) is 65.2 Å². The molecule has 0 aromatic rings. The van der Waals surface area contributed by atoms with Gasteiger partial charge in [-0.05, 0) is 37.5 Å². The van der Waals surface area contributed by atoms with Gasteiger partial charge in [-0.1, -0.05) is 39.5 Å². The van der Waals surface area contributed by atoms with Crippen LogP contribution in [-0.2, 0) is 0 Å². The van der Waals surface area contributed by atoms with E-state index in [4.69, 9.17) is 5.73 Å². The molecule has 4 unspecified atom stereocenters. The number of rotatable bonds is 3. The molecule has 2 N–H and O–H groups in total. The zero-order valence-corrected chi connectivity index (χ0v) is 12.4. The molecule has 0 amide bonds. The monoisotopic (exact) mass is 252 g/mol. The van der Waals surface area contributed by atoms with Crippen LogP contribution in [0.15, 0.2) is 0 Å². The van der Waals surface area contributed by atoms with Gasteiger partial charge in [-0.2, -0.15) is 0 Å². The number of likely N-dealkylation sites (tertiary alicyclic amines) is 1. The summed E-state index contributed by atoms with van der Waals surface area (Å²) in [6.07, 6.45) is 11.2. The van der Waals surface area contributed by atoms with Gasteiger partial charge in [0.25, 0.3) is 0 Å². The Morgan fingerprint density at radius 1 is 1.11 bits per heavy atom. The second-order valence-corrected chi connectivity index (χ2v) is 6.87. The van der Waals surface area contributed by atoms with E-state index in [-0.39, 0.29) is 0 Å². The number of hydrogen-bond donors (Lipinski definition) is 1. The standard InChI is InChI=1S/C16H32N2/c1-3-5-14-6-4-7-16(9-8-14)18-11-13(2)10-15(17)12-18/h13-16H,3-12,17H2,1-2H3. The van der Waals surface area contributed by atoms with Crippen molar-refractivity contribution in [3.63, 3.8) is 0 Å². The van der Waals surface area contributed by atoms with Crippen LogP contribution in [0.5, 0.6) is 0 Å². The van der Waals surface area contributed by atoms with Gasteiger partial charge in [0.1, 0.15) is 0 Å². The van der Waals surface area contributed by atoms with Crippen molar-refractivity contribution in [3.8, 4) is 0 Å². The summed E-state index contributed by atoms with van der Waals surface area (Å²) in [4.78, 5) is 2.72. The second-order valence-electron chi connectivity index (χ2n) is 6.87. The minimum atomic E-state index is 0.420. The first-order valence-corrected chi connectivity index (χ1v) is 8.18. The van der Waals surface area contributed by atoms with Crippen molar-refractivity contribution in [2.24, 2.45) is 17.6 Å². The maximum Gasteiger partial charge on any atom is 0.0170 e. The molecule has 1 aliphatic carbocycles. The van der Waals surface area contributed by atoms with E-state index in [1.54, 1.807) is 0 Å². The van der Waals surface area contributed by atoms with Gasteiger partial charge < -0.3 is 5.73 Å². The Morgan fingerprint density at radius 2 is 1.94 bits per heavy atom. The number of piperidine rings is 1. The number of nitrogens with zero attached hydrogens (tertiary/aromatic N) is 1. The van der Waals surface area contributed by atoms with E-state index in [9.17, 15) is 0 Å². The molecule has 4 atom stereocenters. The fraction of sp³-hybridized carbons (Fsp3) is 1.00. The molecular weight excluding hydrogens is 220 g/mol. The maximum atomic E-state index is 6.19. The van der Waals surface area contributed by atoms with Crippen LogP contribution in [0.4, 0.5) is 0 Å². The van der Waals surface area contributed by atoms with Crippen LogP contribution in [-0.4, -0.2) is 30.1 Å². The van der Waals surface area contributed by atoms with Crippen molar-refractivity contribution in [3.05, 3.63) is 0 Å². The zero-order chi connectivity index (χ0) is 13.0. The van der Waals surface area contributed by atoms with Gasteiger partial charge in [-0.3, -0.25) is 4.90 Å². The molecule has 2 aliphatic rings. The second kappa shape index (κ2) is 6.91. The minimum Gasteiger partial charge on any atom is -0.327 e. The molecule has 1 saturated carbocycles. The van der Waals surface area contributed by atoms with Gasteiger partial charge in [0.2, 0.25) is 0 Å². The van der Waals surface area contributed by atoms with Crippen LogP contribution in [0.25, 0.3) is 0 Å². The van der Waals surface area contributed by atoms with Gasteiger partial charge in [0.15, 0.2) is 0 Å². The van der Waals surface area contributed by atoms with Crippen molar-refractivity contribution < 1.29 is 0 Å². The fourth-order valence-electron chi connectivity index (χ4n) is 4.16. The van der Waals surface area contributed by atoms with E-state index < -0.39 is 0 Å². The van der Waals surface area contributed by atoms with Gasteiger partial charge in [-0.15, -0.1) is 0 Å². The van der Waals surface area contributed by atoms with Crippen LogP contribution >= 0.6 is 0 Å². The van der Waals surface area contributed by atoms with Crippen molar-refractivity contribution in [2.75, 3.05) is 13.1 Å². The van der Waals surface area contributed by atoms with E-state index in [1.165, 1.54) is 57.9 Å². The Kier molecular flexibility index (Phi) is 5.50. The Bertz CT molecular complexity index is 231. The molecule has 1 aliphatic heterocycles. The third-order valence-corrected chi connectivity index (χ3v) is 4.99. The lowest BCUT2D eigenvalue weighted by Crippen LogP contribution is -2.50. The van der Waals surface area contributed by atoms with Crippen molar-refractivity contribution >= 4 is 0 Å². The molecule has 2 fully saturated rings. The highest BCUT2D eigenvalue weighted by molar-refractivity contribution is 4.85.